The highest BCUT2D eigenvalue weighted by atomic mass is 35.5. The summed E-state index contributed by atoms with van der Waals surface area (Å²) in [5.74, 6) is -3.77. The number of aliphatic carboxylic acids is 1. The molecule has 0 bridgehead atoms. The van der Waals surface area contributed by atoms with Crippen molar-refractivity contribution in [2.24, 2.45) is 34.5 Å². The largest absolute Gasteiger partial charge is 0.475 e. The zero-order chi connectivity index (χ0) is 21.5. The summed E-state index contributed by atoms with van der Waals surface area (Å²) in [6.45, 7) is 5.64. The molecule has 9 atom stereocenters. The van der Waals surface area contributed by atoms with Crippen molar-refractivity contribution in [3.63, 3.8) is 0 Å². The molecule has 4 aliphatic rings. The van der Waals surface area contributed by atoms with Crippen LogP contribution in [0.4, 0.5) is 4.39 Å². The van der Waals surface area contributed by atoms with Gasteiger partial charge in [-0.1, -0.05) is 26.8 Å². The van der Waals surface area contributed by atoms with E-state index in [2.05, 4.69) is 0 Å². The van der Waals surface area contributed by atoms with Gasteiger partial charge in [0.05, 0.1) is 10.3 Å². The Kier molecular flexibility index (Phi) is 4.64. The normalized spacial score (nSPS) is 51.0. The van der Waals surface area contributed by atoms with Crippen molar-refractivity contribution in [3.05, 3.63) is 23.8 Å². The number of carbonyl (C=O) groups is 3. The minimum atomic E-state index is -1.43. The van der Waals surface area contributed by atoms with Gasteiger partial charge in [-0.2, -0.15) is 0 Å². The number of fused-ring (bicyclic) bond motifs is 5. The van der Waals surface area contributed by atoms with Crippen LogP contribution >= 0.6 is 23.2 Å². The lowest BCUT2D eigenvalue weighted by Crippen LogP contribution is -2.66. The Hall–Kier alpha value is -1.20. The van der Waals surface area contributed by atoms with Crippen LogP contribution in [0.2, 0.25) is 0 Å². The lowest BCUT2D eigenvalue weighted by molar-refractivity contribution is -0.154. The van der Waals surface area contributed by atoms with Crippen LogP contribution in [0.1, 0.15) is 40.0 Å². The molecule has 0 aromatic carbocycles. The first-order valence-corrected chi connectivity index (χ1v) is 10.9. The van der Waals surface area contributed by atoms with Gasteiger partial charge in [0.2, 0.25) is 5.78 Å². The molecule has 7 heteroatoms. The van der Waals surface area contributed by atoms with E-state index in [-0.39, 0.29) is 30.0 Å². The first-order valence-electron chi connectivity index (χ1n) is 10.1. The topological polar surface area (TPSA) is 71.4 Å². The molecule has 3 unspecified atom stereocenters. The number of ketones is 2. The summed E-state index contributed by atoms with van der Waals surface area (Å²) in [5.41, 5.74) is -1.21. The van der Waals surface area contributed by atoms with E-state index in [0.29, 0.717) is 18.4 Å². The van der Waals surface area contributed by atoms with Crippen molar-refractivity contribution in [3.8, 4) is 0 Å². The summed E-state index contributed by atoms with van der Waals surface area (Å²) in [5, 5.41) is 8.75. The molecule has 0 spiro atoms. The number of hydrogen-bond donors (Lipinski definition) is 1. The smallest absolute Gasteiger partial charge is 0.372 e. The fourth-order valence-electron chi connectivity index (χ4n) is 7.20. The molecule has 4 rings (SSSR count). The highest BCUT2D eigenvalue weighted by Crippen LogP contribution is 2.71. The molecule has 29 heavy (non-hydrogen) atoms. The molecule has 0 aliphatic heterocycles. The molecule has 0 radical (unpaired) electrons. The molecule has 3 fully saturated rings. The first-order chi connectivity index (χ1) is 13.4. The highest BCUT2D eigenvalue weighted by Gasteiger charge is 2.71. The van der Waals surface area contributed by atoms with Crippen LogP contribution in [0, 0.1) is 34.5 Å². The Bertz CT molecular complexity index is 869. The number of Topliss-reactive ketones (excluding diaryl/α,β-unsaturated/α-hetero) is 1. The lowest BCUT2D eigenvalue weighted by atomic mass is 9.46. The standard InChI is InChI=1S/C22H25Cl2FO4/c1-10-6-12-13-8-15(25)14-7-11(26)4-5-21(14,3)22(13,24)16(23)9-20(12,2)17(10)18(27)19(28)29/h4-5,7,10,12-13,15-17H,6,8-9H2,1-3H3,(H,28,29)/t10?,12-,13-,15?,16?,17+,20-,21-,22-/m0/s1. The molecule has 0 saturated heterocycles. The predicted molar refractivity (Wildman–Crippen MR) is 108 cm³/mol. The minimum absolute atomic E-state index is 0.121. The third-order valence-corrected chi connectivity index (χ3v) is 9.96. The molecule has 3 saturated carbocycles. The molecule has 4 aliphatic carbocycles. The van der Waals surface area contributed by atoms with Crippen molar-refractivity contribution < 1.29 is 23.9 Å². The zero-order valence-electron chi connectivity index (χ0n) is 16.6. The van der Waals surface area contributed by atoms with Gasteiger partial charge in [0.15, 0.2) is 5.78 Å². The summed E-state index contributed by atoms with van der Waals surface area (Å²) in [7, 11) is 0. The summed E-state index contributed by atoms with van der Waals surface area (Å²) in [6.07, 6.45) is 4.22. The van der Waals surface area contributed by atoms with Crippen LogP contribution in [0.15, 0.2) is 23.8 Å². The number of carboxylic acids is 1. The van der Waals surface area contributed by atoms with E-state index in [0.717, 1.165) is 0 Å². The number of hydrogen-bond acceptors (Lipinski definition) is 3. The van der Waals surface area contributed by atoms with Gasteiger partial charge in [-0.05, 0) is 60.2 Å². The van der Waals surface area contributed by atoms with Crippen LogP contribution in [0.5, 0.6) is 0 Å². The average molecular weight is 443 g/mol. The third-order valence-electron chi connectivity index (χ3n) is 8.42. The molecule has 0 aromatic rings. The maximum absolute atomic E-state index is 15.4. The Balaban J connectivity index is 1.84. The monoisotopic (exact) mass is 442 g/mol. The van der Waals surface area contributed by atoms with Gasteiger partial charge >= 0.3 is 5.97 Å². The molecule has 1 N–H and O–H groups in total. The number of allylic oxidation sites excluding steroid dienone is 4. The van der Waals surface area contributed by atoms with Crippen molar-refractivity contribution >= 4 is 40.7 Å². The van der Waals surface area contributed by atoms with Crippen molar-refractivity contribution in [2.45, 2.75) is 56.5 Å². The second-order valence-electron chi connectivity index (χ2n) is 9.76. The van der Waals surface area contributed by atoms with Gasteiger partial charge in [0.25, 0.3) is 0 Å². The van der Waals surface area contributed by atoms with Crippen LogP contribution in [0.3, 0.4) is 0 Å². The van der Waals surface area contributed by atoms with Gasteiger partial charge < -0.3 is 5.11 Å². The van der Waals surface area contributed by atoms with Crippen molar-refractivity contribution in [1.29, 1.82) is 0 Å². The second kappa shape index (κ2) is 6.40. The van der Waals surface area contributed by atoms with Gasteiger partial charge in [-0.15, -0.1) is 23.2 Å². The zero-order valence-corrected chi connectivity index (χ0v) is 18.1. The predicted octanol–water partition coefficient (Wildman–Crippen LogP) is 4.34. The maximum Gasteiger partial charge on any atom is 0.372 e. The van der Waals surface area contributed by atoms with Crippen LogP contribution < -0.4 is 0 Å². The number of carbonyl (C=O) groups excluding carboxylic acids is 2. The maximum atomic E-state index is 15.4. The lowest BCUT2D eigenvalue weighted by Gasteiger charge is -2.63. The minimum Gasteiger partial charge on any atom is -0.475 e. The fourth-order valence-corrected chi connectivity index (χ4v) is 8.41. The molecule has 0 amide bonds. The number of alkyl halides is 3. The summed E-state index contributed by atoms with van der Waals surface area (Å²) < 4.78 is 15.4. The van der Waals surface area contributed by atoms with E-state index in [4.69, 9.17) is 23.2 Å². The van der Waals surface area contributed by atoms with Gasteiger partial charge in [-0.25, -0.2) is 9.18 Å². The van der Waals surface area contributed by atoms with E-state index in [1.807, 2.05) is 20.8 Å². The number of carboxylic acid groups (broad SMARTS) is 1. The van der Waals surface area contributed by atoms with Gasteiger partial charge in [-0.3, -0.25) is 9.59 Å². The van der Waals surface area contributed by atoms with Crippen LogP contribution in [-0.2, 0) is 14.4 Å². The highest BCUT2D eigenvalue weighted by molar-refractivity contribution is 6.35. The van der Waals surface area contributed by atoms with Crippen molar-refractivity contribution in [1.82, 2.24) is 0 Å². The van der Waals surface area contributed by atoms with E-state index in [9.17, 15) is 19.5 Å². The summed E-state index contributed by atoms with van der Waals surface area (Å²) >= 11 is 14.2. The van der Waals surface area contributed by atoms with Gasteiger partial charge in [0, 0.05) is 11.3 Å². The van der Waals surface area contributed by atoms with Gasteiger partial charge in [0.1, 0.15) is 6.17 Å². The van der Waals surface area contributed by atoms with Crippen LogP contribution in [-0.4, -0.2) is 39.1 Å². The number of rotatable bonds is 2. The molecule has 0 aromatic heterocycles. The van der Waals surface area contributed by atoms with E-state index in [1.165, 1.54) is 12.2 Å². The third kappa shape index (κ3) is 2.52. The summed E-state index contributed by atoms with van der Waals surface area (Å²) in [4.78, 5) is 34.9. The molecule has 158 valence electrons. The first kappa shape index (κ1) is 21.0. The van der Waals surface area contributed by atoms with E-state index >= 15 is 4.39 Å². The van der Waals surface area contributed by atoms with Crippen molar-refractivity contribution in [2.75, 3.05) is 0 Å². The average Bonchev–Trinajstić information content (AvgIpc) is 2.89. The quantitative estimate of drug-likeness (QED) is 0.509. The molecule has 0 heterocycles. The summed E-state index contributed by atoms with van der Waals surface area (Å²) in [6, 6.07) is 0. The number of halogens is 3. The second-order valence-corrected chi connectivity index (χ2v) is 10.9. The Morgan fingerprint density at radius 1 is 1.24 bits per heavy atom. The Morgan fingerprint density at radius 2 is 1.90 bits per heavy atom. The Labute approximate surface area is 179 Å². The Morgan fingerprint density at radius 3 is 2.52 bits per heavy atom. The van der Waals surface area contributed by atoms with E-state index in [1.54, 1.807) is 6.08 Å². The SMILES string of the molecule is CC1C[C@H]2[C@@H]3CC(F)C4=CC(=O)C=C[C@]4(C)[C@@]3(Cl)C(Cl)C[C@]2(C)[C@H]1C(=O)C(=O)O. The van der Waals surface area contributed by atoms with E-state index < -0.39 is 44.9 Å². The molecular weight excluding hydrogens is 418 g/mol. The fraction of sp³-hybridized carbons (Fsp3) is 0.682. The molecular formula is C22H25Cl2FO4. The molecule has 4 nitrogen and oxygen atoms in total. The van der Waals surface area contributed by atoms with Crippen LogP contribution in [0.25, 0.3) is 0 Å².